The van der Waals surface area contributed by atoms with E-state index in [0.717, 1.165) is 5.56 Å². The molecule has 3 N–H and O–H groups in total. The highest BCUT2D eigenvalue weighted by Crippen LogP contribution is 2.46. The molecule has 0 atom stereocenters. The number of carbonyl (C=O) groups excluding carboxylic acids is 1. The molecule has 0 radical (unpaired) electrons. The quantitative estimate of drug-likeness (QED) is 0.749. The second-order valence-corrected chi connectivity index (χ2v) is 5.96. The summed E-state index contributed by atoms with van der Waals surface area (Å²) in [5, 5.41) is 2.01. The van der Waals surface area contributed by atoms with Gasteiger partial charge in [0.1, 0.15) is 4.49 Å². The van der Waals surface area contributed by atoms with Crippen molar-refractivity contribution in [3.8, 4) is 0 Å². The molecule has 0 fully saturated rings. The van der Waals surface area contributed by atoms with E-state index in [-0.39, 0.29) is 5.56 Å². The summed E-state index contributed by atoms with van der Waals surface area (Å²) in [7, 11) is -4.73. The van der Waals surface area contributed by atoms with Crippen LogP contribution in [0, 0.1) is 6.92 Å². The number of aryl methyl sites for hydroxylation is 1. The van der Waals surface area contributed by atoms with Gasteiger partial charge in [0.15, 0.2) is 5.44 Å². The largest absolute Gasteiger partial charge is 0.374 e. The number of halogens is 2. The minimum atomic E-state index is -4.73. The van der Waals surface area contributed by atoms with Gasteiger partial charge in [0.05, 0.1) is 0 Å². The molecule has 0 unspecified atom stereocenters. The maximum absolute atomic E-state index is 11.7. The zero-order chi connectivity index (χ0) is 13.9. The minimum Gasteiger partial charge on any atom is -0.320 e. The molecule has 0 saturated heterocycles. The fourth-order valence-electron chi connectivity index (χ4n) is 1.11. The molecule has 0 spiro atoms. The molecule has 18 heavy (non-hydrogen) atoms. The standard InChI is InChI=1S/C10H10Cl2NO4P/c1-6-2-4-7(5-3-6)9(14)13-10(8(11)12)18(15,16)17/h2-5H,1H3,(H,13,14)(H2,15,16,17). The number of nitrogens with one attached hydrogen (secondary N) is 1. The predicted molar refractivity (Wildman–Crippen MR) is 69.4 cm³/mol. The summed E-state index contributed by atoms with van der Waals surface area (Å²) < 4.78 is 10.4. The molecule has 98 valence electrons. The van der Waals surface area contributed by atoms with Crippen LogP contribution in [0.3, 0.4) is 0 Å². The van der Waals surface area contributed by atoms with Crippen LogP contribution in [0.15, 0.2) is 34.2 Å². The summed E-state index contributed by atoms with van der Waals surface area (Å²) in [5.74, 6) is -0.702. The monoisotopic (exact) mass is 309 g/mol. The summed E-state index contributed by atoms with van der Waals surface area (Å²) in [6, 6.07) is 6.42. The highest BCUT2D eigenvalue weighted by Gasteiger charge is 2.26. The van der Waals surface area contributed by atoms with Crippen molar-refractivity contribution in [2.45, 2.75) is 6.92 Å². The highest BCUT2D eigenvalue weighted by molar-refractivity contribution is 7.56. The highest BCUT2D eigenvalue weighted by atomic mass is 35.5. The lowest BCUT2D eigenvalue weighted by Gasteiger charge is -2.11. The van der Waals surface area contributed by atoms with E-state index in [4.69, 9.17) is 33.0 Å². The van der Waals surface area contributed by atoms with E-state index < -0.39 is 23.4 Å². The van der Waals surface area contributed by atoms with E-state index in [1.54, 1.807) is 12.1 Å². The Kier molecular flexibility index (Phi) is 4.96. The fraction of sp³-hybridized carbons (Fsp3) is 0.100. The molecule has 0 aliphatic rings. The number of amides is 1. The van der Waals surface area contributed by atoms with Crippen LogP contribution in [0.25, 0.3) is 0 Å². The molecule has 1 aromatic rings. The average molecular weight is 310 g/mol. The maximum Gasteiger partial charge on any atom is 0.374 e. The van der Waals surface area contributed by atoms with Crippen molar-refractivity contribution in [3.63, 3.8) is 0 Å². The van der Waals surface area contributed by atoms with Crippen molar-refractivity contribution in [3.05, 3.63) is 45.3 Å². The normalized spacial score (nSPS) is 10.9. The van der Waals surface area contributed by atoms with Crippen molar-refractivity contribution in [2.24, 2.45) is 0 Å². The van der Waals surface area contributed by atoms with Gasteiger partial charge in [0.25, 0.3) is 5.91 Å². The molecule has 0 aromatic heterocycles. The second kappa shape index (κ2) is 5.87. The number of hydrogen-bond acceptors (Lipinski definition) is 2. The Bertz CT molecular complexity index is 531. The predicted octanol–water partition coefficient (Wildman–Crippen LogP) is 2.51. The first-order chi connectivity index (χ1) is 8.21. The van der Waals surface area contributed by atoms with E-state index in [2.05, 4.69) is 0 Å². The van der Waals surface area contributed by atoms with Crippen molar-refractivity contribution < 1.29 is 19.1 Å². The van der Waals surface area contributed by atoms with Crippen LogP contribution in [-0.4, -0.2) is 15.7 Å². The lowest BCUT2D eigenvalue weighted by Crippen LogP contribution is -2.23. The summed E-state index contributed by atoms with van der Waals surface area (Å²) in [5.41, 5.74) is 0.380. The first-order valence-corrected chi connectivity index (χ1v) is 7.08. The van der Waals surface area contributed by atoms with Crippen LogP contribution in [0.4, 0.5) is 0 Å². The Labute approximate surface area is 114 Å². The van der Waals surface area contributed by atoms with Gasteiger partial charge in [0.2, 0.25) is 0 Å². The Hall–Kier alpha value is -0.840. The van der Waals surface area contributed by atoms with Crippen molar-refractivity contribution in [1.82, 2.24) is 5.32 Å². The van der Waals surface area contributed by atoms with Crippen LogP contribution in [0.5, 0.6) is 0 Å². The zero-order valence-electron chi connectivity index (χ0n) is 9.22. The van der Waals surface area contributed by atoms with Gasteiger partial charge in [-0.05, 0) is 19.1 Å². The summed E-state index contributed by atoms with van der Waals surface area (Å²) in [4.78, 5) is 29.6. The number of benzene rings is 1. The zero-order valence-corrected chi connectivity index (χ0v) is 11.6. The molecule has 0 bridgehead atoms. The summed E-state index contributed by atoms with van der Waals surface area (Å²) in [6.07, 6.45) is 0. The third kappa shape index (κ3) is 4.12. The van der Waals surface area contributed by atoms with Gasteiger partial charge in [0, 0.05) is 5.56 Å². The van der Waals surface area contributed by atoms with Gasteiger partial charge >= 0.3 is 7.60 Å². The Morgan fingerprint density at radius 1 is 1.22 bits per heavy atom. The molecular weight excluding hydrogens is 300 g/mol. The molecule has 0 saturated carbocycles. The van der Waals surface area contributed by atoms with E-state index >= 15 is 0 Å². The third-order valence-electron chi connectivity index (χ3n) is 2.02. The van der Waals surface area contributed by atoms with E-state index in [1.165, 1.54) is 12.1 Å². The Morgan fingerprint density at radius 3 is 2.11 bits per heavy atom. The lowest BCUT2D eigenvalue weighted by atomic mass is 10.1. The first kappa shape index (κ1) is 15.2. The second-order valence-electron chi connectivity index (χ2n) is 3.47. The van der Waals surface area contributed by atoms with Gasteiger partial charge in [-0.25, -0.2) is 0 Å². The molecule has 0 aliphatic carbocycles. The molecule has 8 heteroatoms. The van der Waals surface area contributed by atoms with Crippen molar-refractivity contribution >= 4 is 36.7 Å². The Morgan fingerprint density at radius 2 is 1.72 bits per heavy atom. The maximum atomic E-state index is 11.7. The topological polar surface area (TPSA) is 86.6 Å². The average Bonchev–Trinajstić information content (AvgIpc) is 2.24. The van der Waals surface area contributed by atoms with Crippen LogP contribution in [-0.2, 0) is 4.57 Å². The smallest absolute Gasteiger partial charge is 0.320 e. The molecule has 5 nitrogen and oxygen atoms in total. The third-order valence-corrected chi connectivity index (χ3v) is 3.58. The molecule has 1 amide bonds. The van der Waals surface area contributed by atoms with E-state index in [9.17, 15) is 9.36 Å². The van der Waals surface area contributed by atoms with Crippen molar-refractivity contribution in [1.29, 1.82) is 0 Å². The van der Waals surface area contributed by atoms with Crippen molar-refractivity contribution in [2.75, 3.05) is 0 Å². The molecule has 1 rings (SSSR count). The lowest BCUT2D eigenvalue weighted by molar-refractivity contribution is 0.0966. The fourth-order valence-corrected chi connectivity index (χ4v) is 2.34. The van der Waals surface area contributed by atoms with E-state index in [0.29, 0.717) is 0 Å². The van der Waals surface area contributed by atoms with Crippen LogP contribution < -0.4 is 5.32 Å². The molecule has 0 heterocycles. The van der Waals surface area contributed by atoms with Gasteiger partial charge in [-0.3, -0.25) is 9.36 Å². The molecular formula is C10H10Cl2NO4P. The minimum absolute atomic E-state index is 0.237. The van der Waals surface area contributed by atoms with Crippen LogP contribution in [0.2, 0.25) is 0 Å². The van der Waals surface area contributed by atoms with Gasteiger partial charge in [-0.15, -0.1) is 0 Å². The Balaban J connectivity index is 2.97. The van der Waals surface area contributed by atoms with Crippen LogP contribution in [0.1, 0.15) is 15.9 Å². The van der Waals surface area contributed by atoms with Gasteiger partial charge in [-0.1, -0.05) is 40.9 Å². The van der Waals surface area contributed by atoms with E-state index in [1.807, 2.05) is 12.2 Å². The summed E-state index contributed by atoms with van der Waals surface area (Å²) >= 11 is 10.6. The van der Waals surface area contributed by atoms with Gasteiger partial charge < -0.3 is 15.1 Å². The molecule has 1 aromatic carbocycles. The SMILES string of the molecule is Cc1ccc(C(=O)NC(=C(Cl)Cl)P(=O)(O)O)cc1. The van der Waals surface area contributed by atoms with Gasteiger partial charge in [-0.2, -0.15) is 0 Å². The number of hydrogen-bond donors (Lipinski definition) is 3. The first-order valence-electron chi connectivity index (χ1n) is 4.71. The number of rotatable bonds is 3. The number of carbonyl (C=O) groups is 1. The van der Waals surface area contributed by atoms with Crippen LogP contribution >= 0.6 is 30.8 Å². The summed E-state index contributed by atoms with van der Waals surface area (Å²) in [6.45, 7) is 1.85. The molecule has 0 aliphatic heterocycles.